The van der Waals surface area contributed by atoms with Crippen molar-refractivity contribution in [2.45, 2.75) is 19.8 Å². The molecule has 0 bridgehead atoms. The Balaban J connectivity index is 2.08. The van der Waals surface area contributed by atoms with Crippen LogP contribution in [0.25, 0.3) is 16.7 Å². The van der Waals surface area contributed by atoms with Gasteiger partial charge in [0.15, 0.2) is 0 Å². The molecule has 0 saturated carbocycles. The molecule has 3 N–H and O–H groups in total. The maximum absolute atomic E-state index is 9.68. The first kappa shape index (κ1) is 17.2. The van der Waals surface area contributed by atoms with Gasteiger partial charge in [-0.25, -0.2) is 0 Å². The van der Waals surface area contributed by atoms with E-state index in [1.807, 2.05) is 24.3 Å². The monoisotopic (exact) mass is 339 g/mol. The number of hydrogen-bond acceptors (Lipinski definition) is 4. The molecule has 0 amide bonds. The lowest BCUT2D eigenvalue weighted by atomic mass is 10.1. The predicted octanol–water partition coefficient (Wildman–Crippen LogP) is 2.15. The van der Waals surface area contributed by atoms with Crippen molar-refractivity contribution in [1.82, 2.24) is 4.98 Å². The Kier molecular flexibility index (Phi) is 5.49. The van der Waals surface area contributed by atoms with Gasteiger partial charge in [0.1, 0.15) is 22.7 Å². The summed E-state index contributed by atoms with van der Waals surface area (Å²) in [5, 5.41) is 21.9. The van der Waals surface area contributed by atoms with Crippen LogP contribution in [0.2, 0.25) is 0 Å². The summed E-state index contributed by atoms with van der Waals surface area (Å²) in [4.78, 5) is 3.38. The number of aromatic nitrogens is 2. The number of para-hydroxylation sites is 2. The number of anilines is 1. The highest BCUT2D eigenvalue weighted by atomic mass is 16.5. The van der Waals surface area contributed by atoms with Crippen LogP contribution in [0.15, 0.2) is 30.3 Å². The maximum atomic E-state index is 9.68. The number of nitriles is 1. The van der Waals surface area contributed by atoms with Gasteiger partial charge >= 0.3 is 0 Å². The van der Waals surface area contributed by atoms with E-state index in [9.17, 15) is 5.26 Å². The molecule has 0 unspecified atom stereocenters. The summed E-state index contributed by atoms with van der Waals surface area (Å²) in [5.74, 6) is 0.933. The molecule has 0 aliphatic rings. The van der Waals surface area contributed by atoms with Crippen LogP contribution in [-0.4, -0.2) is 36.5 Å². The van der Waals surface area contributed by atoms with E-state index in [4.69, 9.17) is 9.84 Å². The second-order valence-corrected chi connectivity index (χ2v) is 5.88. The first-order valence-corrected chi connectivity index (χ1v) is 8.61. The molecule has 2 heterocycles. The quantitative estimate of drug-likeness (QED) is 0.434. The van der Waals surface area contributed by atoms with Crippen molar-refractivity contribution in [3.63, 3.8) is 0 Å². The molecule has 130 valence electrons. The predicted molar refractivity (Wildman–Crippen MR) is 96.6 cm³/mol. The zero-order valence-corrected chi connectivity index (χ0v) is 14.4. The largest absolute Gasteiger partial charge is 0.394 e. The average Bonchev–Trinajstić information content (AvgIpc) is 3.01. The second-order valence-electron chi connectivity index (χ2n) is 5.88. The number of aliphatic hydroxyl groups excluding tert-OH is 1. The van der Waals surface area contributed by atoms with Gasteiger partial charge in [0.25, 0.3) is 0 Å². The standard InChI is InChI=1S/C19H22N4O2/c1-2-5-14-12-18(21-8-10-25-11-9-24)23-17-7-4-3-6-16(17)22-19(23)15(14)13-20/h3-4,6-7,12,24H,2,5,8-11H2,1H3,(H,21,22)/p+1. The van der Waals surface area contributed by atoms with Gasteiger partial charge in [-0.15, -0.1) is 0 Å². The molecule has 0 aliphatic heterocycles. The Hall–Kier alpha value is -2.62. The van der Waals surface area contributed by atoms with E-state index in [0.29, 0.717) is 25.3 Å². The topological polar surface area (TPSA) is 85.2 Å². The summed E-state index contributed by atoms with van der Waals surface area (Å²) in [5.41, 5.74) is 4.56. The molecule has 25 heavy (non-hydrogen) atoms. The first-order valence-electron chi connectivity index (χ1n) is 8.61. The summed E-state index contributed by atoms with van der Waals surface area (Å²) in [6, 6.07) is 12.4. The van der Waals surface area contributed by atoms with Crippen molar-refractivity contribution in [3.8, 4) is 6.07 Å². The number of rotatable bonds is 8. The summed E-state index contributed by atoms with van der Waals surface area (Å²) < 4.78 is 7.38. The fourth-order valence-electron chi connectivity index (χ4n) is 3.10. The molecule has 0 saturated heterocycles. The van der Waals surface area contributed by atoms with Gasteiger partial charge in [0.05, 0.1) is 26.4 Å². The third kappa shape index (κ3) is 3.43. The highest BCUT2D eigenvalue weighted by Gasteiger charge is 2.21. The van der Waals surface area contributed by atoms with Crippen molar-refractivity contribution in [2.24, 2.45) is 0 Å². The van der Waals surface area contributed by atoms with Gasteiger partial charge in [0, 0.05) is 6.07 Å². The van der Waals surface area contributed by atoms with Crippen molar-refractivity contribution in [3.05, 3.63) is 41.5 Å². The van der Waals surface area contributed by atoms with E-state index in [1.165, 1.54) is 0 Å². The summed E-state index contributed by atoms with van der Waals surface area (Å²) in [7, 11) is 0. The number of fused-ring (bicyclic) bond motifs is 3. The number of hydrogen-bond donors (Lipinski definition) is 3. The molecule has 2 aromatic heterocycles. The third-order valence-electron chi connectivity index (χ3n) is 4.15. The zero-order chi connectivity index (χ0) is 17.6. The van der Waals surface area contributed by atoms with Crippen LogP contribution in [0, 0.1) is 11.3 Å². The number of aromatic amines is 1. The molecule has 0 atom stereocenters. The van der Waals surface area contributed by atoms with E-state index in [-0.39, 0.29) is 6.61 Å². The molecule has 6 heteroatoms. The van der Waals surface area contributed by atoms with E-state index < -0.39 is 0 Å². The van der Waals surface area contributed by atoms with Gasteiger partial charge in [0.2, 0.25) is 11.5 Å². The van der Waals surface area contributed by atoms with Crippen LogP contribution in [0.4, 0.5) is 5.82 Å². The van der Waals surface area contributed by atoms with Gasteiger partial charge in [-0.3, -0.25) is 4.98 Å². The maximum Gasteiger partial charge on any atom is 0.250 e. The lowest BCUT2D eigenvalue weighted by Gasteiger charge is -2.08. The Bertz CT molecular complexity index is 911. The van der Waals surface area contributed by atoms with Crippen LogP contribution < -0.4 is 9.72 Å². The van der Waals surface area contributed by atoms with Crippen molar-refractivity contribution >= 4 is 22.5 Å². The molecule has 0 aliphatic carbocycles. The number of H-pyrrole nitrogens is 1. The van der Waals surface area contributed by atoms with Crippen molar-refractivity contribution in [2.75, 3.05) is 31.7 Å². The number of pyridine rings is 1. The van der Waals surface area contributed by atoms with Crippen LogP contribution in [0.3, 0.4) is 0 Å². The third-order valence-corrected chi connectivity index (χ3v) is 4.15. The number of aryl methyl sites for hydroxylation is 1. The summed E-state index contributed by atoms with van der Waals surface area (Å²) in [6.07, 6.45) is 1.83. The Morgan fingerprint density at radius 1 is 1.32 bits per heavy atom. The lowest BCUT2D eigenvalue weighted by molar-refractivity contribution is -0.465. The van der Waals surface area contributed by atoms with Gasteiger partial charge in [-0.1, -0.05) is 25.5 Å². The summed E-state index contributed by atoms with van der Waals surface area (Å²) in [6.45, 7) is 3.61. The molecule has 6 nitrogen and oxygen atoms in total. The van der Waals surface area contributed by atoms with Crippen molar-refractivity contribution in [1.29, 1.82) is 5.26 Å². The van der Waals surface area contributed by atoms with Gasteiger partial charge < -0.3 is 15.2 Å². The highest BCUT2D eigenvalue weighted by Crippen LogP contribution is 2.21. The fraction of sp³-hybridized carbons (Fsp3) is 0.368. The number of imidazole rings is 1. The normalized spacial score (nSPS) is 11.1. The van der Waals surface area contributed by atoms with Crippen LogP contribution in [0.1, 0.15) is 24.5 Å². The lowest BCUT2D eigenvalue weighted by Crippen LogP contribution is -2.29. The van der Waals surface area contributed by atoms with Gasteiger partial charge in [-0.2, -0.15) is 9.66 Å². The van der Waals surface area contributed by atoms with E-state index in [0.717, 1.165) is 40.9 Å². The Labute approximate surface area is 146 Å². The molecule has 0 radical (unpaired) electrons. The minimum Gasteiger partial charge on any atom is -0.394 e. The number of nitrogens with one attached hydrogen (secondary N) is 2. The van der Waals surface area contributed by atoms with Crippen molar-refractivity contribution < 1.29 is 14.2 Å². The molecular weight excluding hydrogens is 316 g/mol. The number of aliphatic hydroxyl groups is 1. The van der Waals surface area contributed by atoms with Crippen LogP contribution >= 0.6 is 0 Å². The minimum absolute atomic E-state index is 0.0267. The minimum atomic E-state index is 0.0267. The van der Waals surface area contributed by atoms with E-state index >= 15 is 0 Å². The second kappa shape index (κ2) is 7.97. The Morgan fingerprint density at radius 3 is 2.92 bits per heavy atom. The molecular formula is C19H23N4O2+. The Morgan fingerprint density at radius 2 is 2.16 bits per heavy atom. The number of ether oxygens (including phenoxy) is 1. The first-order chi connectivity index (χ1) is 12.3. The molecule has 0 spiro atoms. The summed E-state index contributed by atoms with van der Waals surface area (Å²) >= 11 is 0. The van der Waals surface area contributed by atoms with Crippen LogP contribution in [0.5, 0.6) is 0 Å². The smallest absolute Gasteiger partial charge is 0.250 e. The van der Waals surface area contributed by atoms with Gasteiger partial charge in [-0.05, 0) is 24.1 Å². The fourth-order valence-corrected chi connectivity index (χ4v) is 3.10. The zero-order valence-electron chi connectivity index (χ0n) is 14.4. The molecule has 0 fully saturated rings. The SMILES string of the molecule is CCCc1cc(NCCOCCO)[n+]2c([nH]c3ccccc32)c1C#N. The average molecular weight is 339 g/mol. The molecule has 1 aromatic carbocycles. The van der Waals surface area contributed by atoms with E-state index in [1.54, 1.807) is 0 Å². The molecule has 3 rings (SSSR count). The molecule has 3 aromatic rings. The van der Waals surface area contributed by atoms with E-state index in [2.05, 4.69) is 33.8 Å². The highest BCUT2D eigenvalue weighted by molar-refractivity contribution is 5.77. The van der Waals surface area contributed by atoms with Crippen LogP contribution in [-0.2, 0) is 11.2 Å². The number of benzene rings is 1. The number of nitrogens with zero attached hydrogens (tertiary/aromatic N) is 2.